The van der Waals surface area contributed by atoms with Crippen LogP contribution in [0.4, 0.5) is 10.5 Å². The number of carbonyl (C=O) groups is 1. The van der Waals surface area contributed by atoms with Gasteiger partial charge in [0.15, 0.2) is 0 Å². The molecule has 2 aromatic heterocycles. The number of anilines is 1. The van der Waals surface area contributed by atoms with Gasteiger partial charge in [-0.15, -0.1) is 16.4 Å². The number of nitrogens with one attached hydrogen (secondary N) is 1. The van der Waals surface area contributed by atoms with Gasteiger partial charge in [0.05, 0.1) is 39.7 Å². The van der Waals surface area contributed by atoms with E-state index in [1.165, 1.54) is 18.4 Å². The summed E-state index contributed by atoms with van der Waals surface area (Å²) >= 11 is 1.39. The lowest BCUT2D eigenvalue weighted by molar-refractivity contribution is 0.0635. The smallest absolute Gasteiger partial charge is 0.412 e. The molecule has 0 aliphatic rings. The highest BCUT2D eigenvalue weighted by molar-refractivity contribution is 7.16. The van der Waals surface area contributed by atoms with E-state index in [1.54, 1.807) is 58.7 Å². The van der Waals surface area contributed by atoms with Crippen molar-refractivity contribution in [2.45, 2.75) is 26.4 Å². The molecule has 1 aromatic carbocycles. The van der Waals surface area contributed by atoms with Crippen LogP contribution in [-0.4, -0.2) is 49.7 Å². The van der Waals surface area contributed by atoms with E-state index in [0.29, 0.717) is 39.0 Å². The summed E-state index contributed by atoms with van der Waals surface area (Å²) < 4.78 is 28.9. The summed E-state index contributed by atoms with van der Waals surface area (Å²) in [6.45, 7) is 5.38. The SMILES string of the molecule is COc1cc(OC)c(-c2csc3c(NC(=O)OC(C)(C)C)c(OC)nn23)c(OC)c1. The zero-order chi connectivity index (χ0) is 22.1. The molecule has 2 heterocycles. The highest BCUT2D eigenvalue weighted by Gasteiger charge is 2.26. The second-order valence-electron chi connectivity index (χ2n) is 7.26. The molecule has 1 amide bonds. The molecule has 0 saturated carbocycles. The molecule has 3 aromatic rings. The quantitative estimate of drug-likeness (QED) is 0.612. The van der Waals surface area contributed by atoms with Crippen molar-refractivity contribution in [3.05, 3.63) is 17.5 Å². The molecule has 0 radical (unpaired) electrons. The number of ether oxygens (including phenoxy) is 5. The van der Waals surface area contributed by atoms with Crippen molar-refractivity contribution < 1.29 is 28.5 Å². The molecular weight excluding hydrogens is 410 g/mol. The van der Waals surface area contributed by atoms with Crippen molar-refractivity contribution in [3.63, 3.8) is 0 Å². The second kappa shape index (κ2) is 8.31. The maximum Gasteiger partial charge on any atom is 0.412 e. The Labute approximate surface area is 178 Å². The Hall–Kier alpha value is -3.14. The van der Waals surface area contributed by atoms with Crippen molar-refractivity contribution in [1.82, 2.24) is 9.61 Å². The molecule has 0 saturated heterocycles. The van der Waals surface area contributed by atoms with Gasteiger partial charge < -0.3 is 23.7 Å². The van der Waals surface area contributed by atoms with Gasteiger partial charge in [0.25, 0.3) is 5.88 Å². The summed E-state index contributed by atoms with van der Waals surface area (Å²) in [6, 6.07) is 3.53. The van der Waals surface area contributed by atoms with Gasteiger partial charge in [0, 0.05) is 17.5 Å². The topological polar surface area (TPSA) is 92.6 Å². The van der Waals surface area contributed by atoms with Crippen molar-refractivity contribution in [2.75, 3.05) is 33.8 Å². The van der Waals surface area contributed by atoms with Crippen LogP contribution in [0.1, 0.15) is 20.8 Å². The molecule has 0 fully saturated rings. The van der Waals surface area contributed by atoms with Crippen LogP contribution in [-0.2, 0) is 4.74 Å². The van der Waals surface area contributed by atoms with Gasteiger partial charge in [-0.3, -0.25) is 5.32 Å². The van der Waals surface area contributed by atoms with Gasteiger partial charge in [0.2, 0.25) is 0 Å². The Kier molecular flexibility index (Phi) is 5.97. The molecule has 162 valence electrons. The molecular formula is C20H25N3O6S. The van der Waals surface area contributed by atoms with Gasteiger partial charge in [0.1, 0.15) is 33.4 Å². The van der Waals surface area contributed by atoms with E-state index in [-0.39, 0.29) is 5.88 Å². The molecule has 9 nitrogen and oxygen atoms in total. The molecule has 0 aliphatic carbocycles. The highest BCUT2D eigenvalue weighted by atomic mass is 32.1. The standard InChI is InChI=1S/C20H25N3O6S/c1-20(2,3)29-19(24)21-16-17(28-7)22-23-12(10-30-18(16)23)15-13(26-5)8-11(25-4)9-14(15)27-6/h8-10H,1-7H3,(H,21,24). The first-order chi connectivity index (χ1) is 14.2. The van der Waals surface area contributed by atoms with Gasteiger partial charge in [-0.05, 0) is 20.8 Å². The molecule has 0 atom stereocenters. The molecule has 0 bridgehead atoms. The van der Waals surface area contributed by atoms with Crippen LogP contribution < -0.4 is 24.3 Å². The average Bonchev–Trinajstić information content (AvgIpc) is 3.25. The predicted octanol–water partition coefficient (Wildman–Crippen LogP) is 4.44. The average molecular weight is 436 g/mol. The zero-order valence-corrected chi connectivity index (χ0v) is 18.8. The number of hydrogen-bond donors (Lipinski definition) is 1. The summed E-state index contributed by atoms with van der Waals surface area (Å²) in [5, 5.41) is 9.14. The number of carbonyl (C=O) groups excluding carboxylic acids is 1. The molecule has 0 unspecified atom stereocenters. The Morgan fingerprint density at radius 3 is 2.17 bits per heavy atom. The molecule has 3 rings (SSSR count). The Bertz CT molecular complexity index is 1040. The van der Waals surface area contributed by atoms with Crippen LogP contribution in [0, 0.1) is 0 Å². The maximum absolute atomic E-state index is 12.3. The van der Waals surface area contributed by atoms with E-state index in [2.05, 4.69) is 10.4 Å². The van der Waals surface area contributed by atoms with E-state index in [4.69, 9.17) is 23.7 Å². The fourth-order valence-electron chi connectivity index (χ4n) is 2.90. The van der Waals surface area contributed by atoms with E-state index in [9.17, 15) is 4.79 Å². The highest BCUT2D eigenvalue weighted by Crippen LogP contribution is 2.45. The summed E-state index contributed by atoms with van der Waals surface area (Å²) in [5.74, 6) is 1.98. The predicted molar refractivity (Wildman–Crippen MR) is 115 cm³/mol. The van der Waals surface area contributed by atoms with Crippen molar-refractivity contribution in [2.24, 2.45) is 0 Å². The van der Waals surface area contributed by atoms with E-state index in [1.807, 2.05) is 5.38 Å². The van der Waals surface area contributed by atoms with Crippen molar-refractivity contribution >= 4 is 27.9 Å². The lowest BCUT2D eigenvalue weighted by atomic mass is 10.1. The van der Waals surface area contributed by atoms with Crippen LogP contribution in [0.15, 0.2) is 17.5 Å². The minimum absolute atomic E-state index is 0.264. The van der Waals surface area contributed by atoms with Crippen LogP contribution in [0.25, 0.3) is 16.1 Å². The third-order valence-corrected chi connectivity index (χ3v) is 5.05. The number of hydrogen-bond acceptors (Lipinski definition) is 8. The fourth-order valence-corrected chi connectivity index (χ4v) is 3.83. The third-order valence-electron chi connectivity index (χ3n) is 4.11. The van der Waals surface area contributed by atoms with Crippen LogP contribution in [0.3, 0.4) is 0 Å². The molecule has 0 spiro atoms. The number of benzene rings is 1. The van der Waals surface area contributed by atoms with Crippen LogP contribution in [0.2, 0.25) is 0 Å². The third kappa shape index (κ3) is 4.09. The number of methoxy groups -OCH3 is 4. The second-order valence-corrected chi connectivity index (χ2v) is 8.11. The molecule has 1 N–H and O–H groups in total. The first-order valence-electron chi connectivity index (χ1n) is 9.07. The largest absolute Gasteiger partial charge is 0.496 e. The van der Waals surface area contributed by atoms with Gasteiger partial charge in [-0.25, -0.2) is 9.31 Å². The maximum atomic E-state index is 12.3. The van der Waals surface area contributed by atoms with Gasteiger partial charge in [-0.2, -0.15) is 0 Å². The molecule has 10 heteroatoms. The van der Waals surface area contributed by atoms with E-state index in [0.717, 1.165) is 0 Å². The van der Waals surface area contributed by atoms with Gasteiger partial charge in [-0.1, -0.05) is 0 Å². The lowest BCUT2D eigenvalue weighted by Gasteiger charge is -2.19. The number of thiazole rings is 1. The number of rotatable bonds is 6. The monoisotopic (exact) mass is 435 g/mol. The number of aromatic nitrogens is 2. The van der Waals surface area contributed by atoms with Crippen molar-refractivity contribution in [3.8, 4) is 34.4 Å². The minimum atomic E-state index is -0.631. The molecule has 30 heavy (non-hydrogen) atoms. The van der Waals surface area contributed by atoms with E-state index < -0.39 is 11.7 Å². The minimum Gasteiger partial charge on any atom is -0.496 e. The number of amides is 1. The first kappa shape index (κ1) is 21.6. The van der Waals surface area contributed by atoms with Crippen LogP contribution >= 0.6 is 11.3 Å². The lowest BCUT2D eigenvalue weighted by Crippen LogP contribution is -2.27. The van der Waals surface area contributed by atoms with Gasteiger partial charge >= 0.3 is 6.09 Å². The fraction of sp³-hybridized carbons (Fsp3) is 0.400. The molecule has 0 aliphatic heterocycles. The summed E-state index contributed by atoms with van der Waals surface area (Å²) in [7, 11) is 6.20. The zero-order valence-electron chi connectivity index (χ0n) is 18.0. The first-order valence-corrected chi connectivity index (χ1v) is 9.95. The Balaban J connectivity index is 2.13. The summed E-state index contributed by atoms with van der Waals surface area (Å²) in [6.07, 6.45) is -0.592. The van der Waals surface area contributed by atoms with E-state index >= 15 is 0 Å². The Morgan fingerprint density at radius 2 is 1.67 bits per heavy atom. The summed E-state index contributed by atoms with van der Waals surface area (Å²) in [5.41, 5.74) is 1.20. The summed E-state index contributed by atoms with van der Waals surface area (Å²) in [4.78, 5) is 13.0. The number of fused-ring (bicyclic) bond motifs is 1. The Morgan fingerprint density at radius 1 is 1.03 bits per heavy atom. The van der Waals surface area contributed by atoms with Crippen LogP contribution in [0.5, 0.6) is 23.1 Å². The number of nitrogens with zero attached hydrogens (tertiary/aromatic N) is 2. The normalized spacial score (nSPS) is 11.3. The van der Waals surface area contributed by atoms with Crippen molar-refractivity contribution in [1.29, 1.82) is 0 Å².